The first-order chi connectivity index (χ1) is 9.93. The van der Waals surface area contributed by atoms with Gasteiger partial charge in [0, 0.05) is 13.6 Å². The van der Waals surface area contributed by atoms with E-state index in [1.807, 2.05) is 0 Å². The number of carbonyl (C=O) groups is 2. The molecular weight excluding hydrogens is 272 g/mol. The lowest BCUT2D eigenvalue weighted by Gasteiger charge is -2.42. The predicted molar refractivity (Wildman–Crippen MR) is 78.0 cm³/mol. The number of hydrogen-bond donors (Lipinski definition) is 3. The third-order valence-corrected chi connectivity index (χ3v) is 5.07. The summed E-state index contributed by atoms with van der Waals surface area (Å²) in [4.78, 5) is 24.7. The molecule has 0 bridgehead atoms. The van der Waals surface area contributed by atoms with Gasteiger partial charge in [0.1, 0.15) is 0 Å². The normalized spacial score (nSPS) is 27.5. The Morgan fingerprint density at radius 2 is 1.90 bits per heavy atom. The van der Waals surface area contributed by atoms with Gasteiger partial charge in [0.05, 0.1) is 18.6 Å². The van der Waals surface area contributed by atoms with E-state index in [-0.39, 0.29) is 23.9 Å². The van der Waals surface area contributed by atoms with Gasteiger partial charge < -0.3 is 20.4 Å². The maximum Gasteiger partial charge on any atom is 0.317 e. The van der Waals surface area contributed by atoms with Gasteiger partial charge in [0.15, 0.2) is 0 Å². The van der Waals surface area contributed by atoms with Gasteiger partial charge in [-0.05, 0) is 31.1 Å². The summed E-state index contributed by atoms with van der Waals surface area (Å²) in [5.74, 6) is -0.806. The number of aliphatic hydroxyl groups excluding tert-OH is 1. The quantitative estimate of drug-likeness (QED) is 0.719. The predicted octanol–water partition coefficient (Wildman–Crippen LogP) is 1.58. The molecule has 6 heteroatoms. The minimum Gasteiger partial charge on any atom is -0.481 e. The smallest absolute Gasteiger partial charge is 0.317 e. The standard InChI is InChI=1S/C15H26N2O4/c1-17(11-5-2-3-6-12(11)18)14(21)16-10-15(7-4-8-15)9-13(19)20/h11-12,18H,2-10H2,1H3,(H,16,21)(H,19,20). The van der Waals surface area contributed by atoms with Crippen molar-refractivity contribution in [1.29, 1.82) is 0 Å². The number of nitrogens with one attached hydrogen (secondary N) is 1. The van der Waals surface area contributed by atoms with Crippen molar-refractivity contribution in [1.82, 2.24) is 10.2 Å². The molecular formula is C15H26N2O4. The number of carboxylic acid groups (broad SMARTS) is 1. The molecule has 0 radical (unpaired) electrons. The minimum absolute atomic E-state index is 0.114. The van der Waals surface area contributed by atoms with E-state index in [0.717, 1.165) is 44.9 Å². The van der Waals surface area contributed by atoms with E-state index >= 15 is 0 Å². The Balaban J connectivity index is 1.84. The summed E-state index contributed by atoms with van der Waals surface area (Å²) < 4.78 is 0. The van der Waals surface area contributed by atoms with Crippen LogP contribution in [0, 0.1) is 5.41 Å². The number of amides is 2. The number of hydrogen-bond acceptors (Lipinski definition) is 3. The average Bonchev–Trinajstić information content (AvgIpc) is 2.40. The van der Waals surface area contributed by atoms with E-state index in [2.05, 4.69) is 5.32 Å². The zero-order valence-electron chi connectivity index (χ0n) is 12.7. The molecule has 0 aromatic heterocycles. The zero-order chi connectivity index (χ0) is 15.5. The van der Waals surface area contributed by atoms with Gasteiger partial charge in [-0.15, -0.1) is 0 Å². The van der Waals surface area contributed by atoms with E-state index in [4.69, 9.17) is 5.11 Å². The fourth-order valence-corrected chi connectivity index (χ4v) is 3.50. The number of carbonyl (C=O) groups excluding carboxylic acids is 1. The van der Waals surface area contributed by atoms with Gasteiger partial charge >= 0.3 is 12.0 Å². The Morgan fingerprint density at radius 1 is 1.24 bits per heavy atom. The van der Waals surface area contributed by atoms with E-state index in [1.54, 1.807) is 11.9 Å². The van der Waals surface area contributed by atoms with Crippen molar-refractivity contribution >= 4 is 12.0 Å². The summed E-state index contributed by atoms with van der Waals surface area (Å²) >= 11 is 0. The van der Waals surface area contributed by atoms with Gasteiger partial charge in [-0.2, -0.15) is 0 Å². The Hall–Kier alpha value is -1.30. The van der Waals surface area contributed by atoms with E-state index in [9.17, 15) is 14.7 Å². The lowest BCUT2D eigenvalue weighted by atomic mass is 9.66. The average molecular weight is 298 g/mol. The first-order valence-corrected chi connectivity index (χ1v) is 7.84. The van der Waals surface area contributed by atoms with Crippen molar-refractivity contribution in [2.45, 2.75) is 63.5 Å². The Morgan fingerprint density at radius 3 is 2.43 bits per heavy atom. The molecule has 0 aromatic rings. The van der Waals surface area contributed by atoms with Crippen LogP contribution in [-0.4, -0.2) is 52.9 Å². The molecule has 0 aromatic carbocycles. The largest absolute Gasteiger partial charge is 0.481 e. The Kier molecular flexibility index (Phi) is 5.08. The third-order valence-electron chi connectivity index (χ3n) is 5.07. The molecule has 21 heavy (non-hydrogen) atoms. The highest BCUT2D eigenvalue weighted by Crippen LogP contribution is 2.43. The second-order valence-electron chi connectivity index (χ2n) is 6.61. The number of nitrogens with zero attached hydrogens (tertiary/aromatic N) is 1. The highest BCUT2D eigenvalue weighted by atomic mass is 16.4. The number of carboxylic acids is 1. The summed E-state index contributed by atoms with van der Waals surface area (Å²) in [6.45, 7) is 0.408. The van der Waals surface area contributed by atoms with Gasteiger partial charge in [-0.25, -0.2) is 4.79 Å². The molecule has 2 rings (SSSR count). The highest BCUT2D eigenvalue weighted by molar-refractivity contribution is 5.74. The van der Waals surface area contributed by atoms with Crippen LogP contribution in [0.5, 0.6) is 0 Å². The minimum atomic E-state index is -0.806. The topological polar surface area (TPSA) is 89.9 Å². The number of rotatable bonds is 5. The second-order valence-corrected chi connectivity index (χ2v) is 6.61. The zero-order valence-corrected chi connectivity index (χ0v) is 12.7. The third kappa shape index (κ3) is 3.87. The van der Waals surface area contributed by atoms with Crippen molar-refractivity contribution in [3.8, 4) is 0 Å². The van der Waals surface area contributed by atoms with Crippen LogP contribution < -0.4 is 5.32 Å². The Labute approximate surface area is 125 Å². The van der Waals surface area contributed by atoms with Crippen LogP contribution in [0.3, 0.4) is 0 Å². The van der Waals surface area contributed by atoms with Crippen LogP contribution in [0.15, 0.2) is 0 Å². The molecule has 120 valence electrons. The summed E-state index contributed by atoms with van der Waals surface area (Å²) in [5.41, 5.74) is -0.270. The van der Waals surface area contributed by atoms with Gasteiger partial charge in [-0.1, -0.05) is 19.3 Å². The molecule has 0 spiro atoms. The highest BCUT2D eigenvalue weighted by Gasteiger charge is 2.39. The van der Waals surface area contributed by atoms with Crippen LogP contribution >= 0.6 is 0 Å². The first kappa shape index (κ1) is 16.1. The molecule has 2 aliphatic carbocycles. The number of aliphatic hydroxyl groups is 1. The first-order valence-electron chi connectivity index (χ1n) is 7.84. The monoisotopic (exact) mass is 298 g/mol. The summed E-state index contributed by atoms with van der Waals surface area (Å²) in [5, 5.41) is 21.8. The maximum absolute atomic E-state index is 12.2. The van der Waals surface area contributed by atoms with Crippen LogP contribution in [0.2, 0.25) is 0 Å². The van der Waals surface area contributed by atoms with E-state index < -0.39 is 12.1 Å². The van der Waals surface area contributed by atoms with Crippen LogP contribution in [0.25, 0.3) is 0 Å². The molecule has 2 aliphatic rings. The molecule has 0 heterocycles. The van der Waals surface area contributed by atoms with E-state index in [0.29, 0.717) is 6.54 Å². The molecule has 0 saturated heterocycles. The van der Waals surface area contributed by atoms with Crippen molar-refractivity contribution in [3.05, 3.63) is 0 Å². The van der Waals surface area contributed by atoms with Crippen molar-refractivity contribution in [2.75, 3.05) is 13.6 Å². The molecule has 2 unspecified atom stereocenters. The molecule has 2 amide bonds. The SMILES string of the molecule is CN(C(=O)NCC1(CC(=O)O)CCC1)C1CCCCC1O. The van der Waals surface area contributed by atoms with Crippen LogP contribution in [-0.2, 0) is 4.79 Å². The number of likely N-dealkylation sites (N-methyl/N-ethyl adjacent to an activating group) is 1. The molecule has 2 saturated carbocycles. The molecule has 2 atom stereocenters. The van der Waals surface area contributed by atoms with Gasteiger partial charge in [0.2, 0.25) is 0 Å². The lowest BCUT2D eigenvalue weighted by Crippen LogP contribution is -2.52. The Bertz CT molecular complexity index is 395. The van der Waals surface area contributed by atoms with Gasteiger partial charge in [-0.3, -0.25) is 4.79 Å². The fraction of sp³-hybridized carbons (Fsp3) is 0.867. The number of urea groups is 1. The van der Waals surface area contributed by atoms with Crippen molar-refractivity contribution < 1.29 is 19.8 Å². The summed E-state index contributed by atoms with van der Waals surface area (Å²) in [7, 11) is 1.71. The molecule has 2 fully saturated rings. The van der Waals surface area contributed by atoms with Gasteiger partial charge in [0.25, 0.3) is 0 Å². The maximum atomic E-state index is 12.2. The summed E-state index contributed by atoms with van der Waals surface area (Å²) in [6, 6.07) is -0.340. The second kappa shape index (κ2) is 6.64. The molecule has 3 N–H and O–H groups in total. The fourth-order valence-electron chi connectivity index (χ4n) is 3.50. The van der Waals surface area contributed by atoms with Crippen molar-refractivity contribution in [2.24, 2.45) is 5.41 Å². The van der Waals surface area contributed by atoms with Crippen molar-refractivity contribution in [3.63, 3.8) is 0 Å². The van der Waals surface area contributed by atoms with Crippen LogP contribution in [0.1, 0.15) is 51.4 Å². The summed E-state index contributed by atoms with van der Waals surface area (Å²) in [6.07, 6.45) is 6.01. The molecule has 6 nitrogen and oxygen atoms in total. The van der Waals surface area contributed by atoms with Crippen LogP contribution in [0.4, 0.5) is 4.79 Å². The van der Waals surface area contributed by atoms with E-state index in [1.165, 1.54) is 0 Å². The lowest BCUT2D eigenvalue weighted by molar-refractivity contribution is -0.141. The number of aliphatic carboxylic acids is 1. The molecule has 0 aliphatic heterocycles.